The lowest BCUT2D eigenvalue weighted by atomic mass is 10.2. The maximum atomic E-state index is 6.23. The average Bonchev–Trinajstić information content (AvgIpc) is 3.19. The predicted octanol–water partition coefficient (Wildman–Crippen LogP) is 5.04. The molecule has 0 fully saturated rings. The molecule has 136 valence electrons. The summed E-state index contributed by atoms with van der Waals surface area (Å²) < 4.78 is 0. The van der Waals surface area contributed by atoms with Gasteiger partial charge in [-0.25, -0.2) is 4.98 Å². The lowest BCUT2D eigenvalue weighted by molar-refractivity contribution is 1.19. The minimum atomic E-state index is 0.393. The van der Waals surface area contributed by atoms with Gasteiger partial charge < -0.3 is 15.6 Å². The molecule has 7 nitrogen and oxygen atoms in total. The van der Waals surface area contributed by atoms with Gasteiger partial charge in [0.05, 0.1) is 34.4 Å². The second kappa shape index (κ2) is 6.79. The zero-order chi connectivity index (χ0) is 18.9. The van der Waals surface area contributed by atoms with Crippen LogP contribution in [-0.4, -0.2) is 24.9 Å². The third-order valence-corrected chi connectivity index (χ3v) is 4.59. The van der Waals surface area contributed by atoms with Crippen LogP contribution < -0.4 is 10.6 Å². The number of fused-ring (bicyclic) bond motifs is 2. The number of anilines is 4. The average molecular weight is 388 g/mol. The number of aromatic amines is 1. The van der Waals surface area contributed by atoms with Gasteiger partial charge in [0.2, 0.25) is 5.95 Å². The topological polar surface area (TPSA) is 91.4 Å². The number of rotatable bonds is 4. The Morgan fingerprint density at radius 3 is 2.68 bits per heavy atom. The van der Waals surface area contributed by atoms with Crippen LogP contribution in [0.5, 0.6) is 0 Å². The number of hydrogen-bond donors (Lipinski definition) is 3. The molecule has 0 amide bonds. The standard InChI is InChI=1S/C20H14ClN7/c21-14-6-2-4-8-16(14)26-20-27-18-17(23-11-24-18)19(28-20)25-13-9-12-5-1-3-7-15(12)22-10-13/h1-11H,(H3,23,24,25,26,27,28). The second-order valence-corrected chi connectivity index (χ2v) is 6.55. The first-order valence-electron chi connectivity index (χ1n) is 8.61. The van der Waals surface area contributed by atoms with Gasteiger partial charge in [-0.3, -0.25) is 4.98 Å². The smallest absolute Gasteiger partial charge is 0.231 e. The van der Waals surface area contributed by atoms with E-state index >= 15 is 0 Å². The van der Waals surface area contributed by atoms with Crippen molar-refractivity contribution in [2.75, 3.05) is 10.6 Å². The molecular weight excluding hydrogens is 374 g/mol. The fourth-order valence-electron chi connectivity index (χ4n) is 2.94. The number of benzene rings is 2. The number of para-hydroxylation sites is 2. The van der Waals surface area contributed by atoms with Crippen molar-refractivity contribution < 1.29 is 0 Å². The molecule has 8 heteroatoms. The van der Waals surface area contributed by atoms with E-state index in [-0.39, 0.29) is 0 Å². The van der Waals surface area contributed by atoms with Gasteiger partial charge in [0.25, 0.3) is 0 Å². The van der Waals surface area contributed by atoms with E-state index in [4.69, 9.17) is 11.6 Å². The number of halogens is 1. The molecule has 0 aliphatic rings. The highest BCUT2D eigenvalue weighted by molar-refractivity contribution is 6.33. The number of hydrogen-bond acceptors (Lipinski definition) is 6. The van der Waals surface area contributed by atoms with E-state index in [0.29, 0.717) is 28.0 Å². The van der Waals surface area contributed by atoms with Gasteiger partial charge in [-0.05, 0) is 24.3 Å². The van der Waals surface area contributed by atoms with E-state index < -0.39 is 0 Å². The number of imidazole rings is 1. The summed E-state index contributed by atoms with van der Waals surface area (Å²) in [5.41, 5.74) is 3.72. The Bertz CT molecular complexity index is 1300. The highest BCUT2D eigenvalue weighted by Crippen LogP contribution is 2.27. The molecule has 2 aromatic carbocycles. The highest BCUT2D eigenvalue weighted by atomic mass is 35.5. The number of aromatic nitrogens is 5. The zero-order valence-electron chi connectivity index (χ0n) is 14.5. The van der Waals surface area contributed by atoms with Crippen molar-refractivity contribution in [3.63, 3.8) is 0 Å². The van der Waals surface area contributed by atoms with Crippen molar-refractivity contribution in [1.29, 1.82) is 0 Å². The summed E-state index contributed by atoms with van der Waals surface area (Å²) in [4.78, 5) is 20.9. The molecule has 0 unspecified atom stereocenters. The van der Waals surface area contributed by atoms with E-state index in [1.807, 2.05) is 48.5 Å². The summed E-state index contributed by atoms with van der Waals surface area (Å²) >= 11 is 6.23. The third kappa shape index (κ3) is 3.08. The summed E-state index contributed by atoms with van der Waals surface area (Å²) in [5.74, 6) is 0.984. The number of pyridine rings is 1. The van der Waals surface area contributed by atoms with Gasteiger partial charge in [0.1, 0.15) is 5.52 Å². The van der Waals surface area contributed by atoms with Crippen molar-refractivity contribution in [1.82, 2.24) is 24.9 Å². The van der Waals surface area contributed by atoms with Gasteiger partial charge in [0.15, 0.2) is 11.5 Å². The molecule has 0 aliphatic heterocycles. The van der Waals surface area contributed by atoms with Crippen LogP contribution >= 0.6 is 11.6 Å². The molecule has 5 aromatic rings. The summed E-state index contributed by atoms with van der Waals surface area (Å²) in [6.07, 6.45) is 3.36. The van der Waals surface area contributed by atoms with E-state index in [1.165, 1.54) is 0 Å². The Balaban J connectivity index is 1.54. The summed E-state index contributed by atoms with van der Waals surface area (Å²) in [5, 5.41) is 8.08. The Morgan fingerprint density at radius 2 is 1.75 bits per heavy atom. The van der Waals surface area contributed by atoms with Crippen LogP contribution in [0.2, 0.25) is 5.02 Å². The Morgan fingerprint density at radius 1 is 0.893 bits per heavy atom. The van der Waals surface area contributed by atoms with Crippen molar-refractivity contribution in [2.45, 2.75) is 0 Å². The van der Waals surface area contributed by atoms with Crippen LogP contribution in [0.15, 0.2) is 67.1 Å². The lowest BCUT2D eigenvalue weighted by Gasteiger charge is -2.11. The maximum absolute atomic E-state index is 6.23. The van der Waals surface area contributed by atoms with Gasteiger partial charge in [-0.1, -0.05) is 41.9 Å². The van der Waals surface area contributed by atoms with Crippen LogP contribution in [0.25, 0.3) is 22.1 Å². The van der Waals surface area contributed by atoms with Crippen molar-refractivity contribution in [2.24, 2.45) is 0 Å². The van der Waals surface area contributed by atoms with Gasteiger partial charge in [-0.15, -0.1) is 0 Å². The summed E-state index contributed by atoms with van der Waals surface area (Å²) in [6.45, 7) is 0. The minimum absolute atomic E-state index is 0.393. The molecule has 3 N–H and O–H groups in total. The van der Waals surface area contributed by atoms with Crippen LogP contribution in [0.1, 0.15) is 0 Å². The monoisotopic (exact) mass is 387 g/mol. The zero-order valence-corrected chi connectivity index (χ0v) is 15.3. The largest absolute Gasteiger partial charge is 0.340 e. The number of H-pyrrole nitrogens is 1. The molecule has 0 radical (unpaired) electrons. The van der Waals surface area contributed by atoms with E-state index in [2.05, 4.69) is 35.6 Å². The quantitative estimate of drug-likeness (QED) is 0.400. The molecule has 0 bridgehead atoms. The Kier molecular flexibility index (Phi) is 3.99. The van der Waals surface area contributed by atoms with E-state index in [0.717, 1.165) is 22.3 Å². The van der Waals surface area contributed by atoms with Gasteiger partial charge >= 0.3 is 0 Å². The molecule has 28 heavy (non-hydrogen) atoms. The molecule has 3 aromatic heterocycles. The molecule has 0 spiro atoms. The molecule has 0 saturated carbocycles. The molecule has 0 aliphatic carbocycles. The lowest BCUT2D eigenvalue weighted by Crippen LogP contribution is -2.02. The first kappa shape index (κ1) is 16.5. The molecule has 0 saturated heterocycles. The van der Waals surface area contributed by atoms with Crippen LogP contribution in [-0.2, 0) is 0 Å². The summed E-state index contributed by atoms with van der Waals surface area (Å²) in [6, 6.07) is 17.4. The summed E-state index contributed by atoms with van der Waals surface area (Å²) in [7, 11) is 0. The molecule has 5 rings (SSSR count). The van der Waals surface area contributed by atoms with Crippen molar-refractivity contribution in [3.05, 3.63) is 72.1 Å². The van der Waals surface area contributed by atoms with Gasteiger partial charge in [-0.2, -0.15) is 9.97 Å². The van der Waals surface area contributed by atoms with Crippen LogP contribution in [0.4, 0.5) is 23.1 Å². The predicted molar refractivity (Wildman–Crippen MR) is 111 cm³/mol. The fraction of sp³-hybridized carbons (Fsp3) is 0. The van der Waals surface area contributed by atoms with E-state index in [9.17, 15) is 0 Å². The number of nitrogens with zero attached hydrogens (tertiary/aromatic N) is 4. The Hall–Kier alpha value is -3.71. The van der Waals surface area contributed by atoms with E-state index in [1.54, 1.807) is 18.6 Å². The highest BCUT2D eigenvalue weighted by Gasteiger charge is 2.12. The first-order valence-corrected chi connectivity index (χ1v) is 8.98. The molecular formula is C20H14ClN7. The first-order chi connectivity index (χ1) is 13.8. The fourth-order valence-corrected chi connectivity index (χ4v) is 3.12. The third-order valence-electron chi connectivity index (χ3n) is 4.26. The maximum Gasteiger partial charge on any atom is 0.231 e. The minimum Gasteiger partial charge on any atom is -0.340 e. The molecule has 0 atom stereocenters. The SMILES string of the molecule is Clc1ccccc1Nc1nc(Nc2cnc3ccccc3c2)c2[nH]cnc2n1. The second-order valence-electron chi connectivity index (χ2n) is 6.14. The molecule has 3 heterocycles. The Labute approximate surface area is 164 Å². The van der Waals surface area contributed by atoms with Crippen molar-refractivity contribution >= 4 is 56.8 Å². The van der Waals surface area contributed by atoms with Crippen molar-refractivity contribution in [3.8, 4) is 0 Å². The normalized spacial score (nSPS) is 11.0. The van der Waals surface area contributed by atoms with Gasteiger partial charge in [0, 0.05) is 5.39 Å². The van der Waals surface area contributed by atoms with Crippen LogP contribution in [0, 0.1) is 0 Å². The van der Waals surface area contributed by atoms with Crippen LogP contribution in [0.3, 0.4) is 0 Å². The number of nitrogens with one attached hydrogen (secondary N) is 3.